The van der Waals surface area contributed by atoms with Crippen molar-refractivity contribution in [2.45, 2.75) is 13.8 Å². The van der Waals surface area contributed by atoms with Crippen LogP contribution in [0.3, 0.4) is 0 Å². The summed E-state index contributed by atoms with van der Waals surface area (Å²) in [5, 5.41) is 3.19. The van der Waals surface area contributed by atoms with E-state index in [1.807, 2.05) is 6.92 Å². The van der Waals surface area contributed by atoms with Gasteiger partial charge in [0, 0.05) is 4.88 Å². The van der Waals surface area contributed by atoms with Gasteiger partial charge in [0.1, 0.15) is 11.5 Å². The highest BCUT2D eigenvalue weighted by Crippen LogP contribution is 2.28. The van der Waals surface area contributed by atoms with Crippen LogP contribution in [0.1, 0.15) is 20.9 Å². The summed E-state index contributed by atoms with van der Waals surface area (Å²) >= 11 is 1.36. The van der Waals surface area contributed by atoms with E-state index in [2.05, 4.69) is 10.3 Å². The highest BCUT2D eigenvalue weighted by molar-refractivity contribution is 7.15. The number of halogens is 1. The number of hydrogen-bond donors (Lipinski definition) is 1. The van der Waals surface area contributed by atoms with Crippen LogP contribution < -0.4 is 5.32 Å². The molecule has 0 spiro atoms. The van der Waals surface area contributed by atoms with Gasteiger partial charge in [-0.05, 0) is 43.7 Å². The van der Waals surface area contributed by atoms with Gasteiger partial charge in [0.05, 0.1) is 12.0 Å². The number of benzene rings is 1. The molecular formula is C16H13FN2O2S. The second kappa shape index (κ2) is 5.73. The summed E-state index contributed by atoms with van der Waals surface area (Å²) in [6.45, 7) is 3.63. The number of hydrogen-bond acceptors (Lipinski definition) is 4. The molecule has 0 bridgehead atoms. The van der Waals surface area contributed by atoms with Gasteiger partial charge in [-0.15, -0.1) is 11.3 Å². The number of thiazole rings is 1. The van der Waals surface area contributed by atoms with Gasteiger partial charge in [-0.25, -0.2) is 9.37 Å². The van der Waals surface area contributed by atoms with Crippen LogP contribution >= 0.6 is 11.3 Å². The Labute approximate surface area is 130 Å². The molecule has 112 valence electrons. The van der Waals surface area contributed by atoms with E-state index in [9.17, 15) is 9.18 Å². The Morgan fingerprint density at radius 2 is 2.14 bits per heavy atom. The SMILES string of the molecule is Cc1ccc(F)c(NC(=O)c2nc(-c3ccco3)sc2C)c1. The van der Waals surface area contributed by atoms with Gasteiger partial charge in [-0.1, -0.05) is 6.07 Å². The predicted octanol–water partition coefficient (Wildman–Crippen LogP) is 4.41. The summed E-state index contributed by atoms with van der Waals surface area (Å²) < 4.78 is 19.0. The van der Waals surface area contributed by atoms with Crippen LogP contribution in [-0.4, -0.2) is 10.9 Å². The normalized spacial score (nSPS) is 10.7. The summed E-state index contributed by atoms with van der Waals surface area (Å²) in [7, 11) is 0. The van der Waals surface area contributed by atoms with Crippen LogP contribution in [0.2, 0.25) is 0 Å². The molecule has 0 atom stereocenters. The van der Waals surface area contributed by atoms with Gasteiger partial charge in [0.2, 0.25) is 0 Å². The number of aromatic nitrogens is 1. The summed E-state index contributed by atoms with van der Waals surface area (Å²) in [5.41, 5.74) is 1.29. The number of aryl methyl sites for hydroxylation is 2. The number of carbonyl (C=O) groups is 1. The van der Waals surface area contributed by atoms with Crippen molar-refractivity contribution >= 4 is 22.9 Å². The maximum absolute atomic E-state index is 13.7. The highest BCUT2D eigenvalue weighted by atomic mass is 32.1. The van der Waals surface area contributed by atoms with E-state index in [4.69, 9.17) is 4.42 Å². The van der Waals surface area contributed by atoms with Crippen molar-refractivity contribution in [2.24, 2.45) is 0 Å². The van der Waals surface area contributed by atoms with Crippen LogP contribution in [0.5, 0.6) is 0 Å². The van der Waals surface area contributed by atoms with Gasteiger partial charge in [0.15, 0.2) is 10.8 Å². The minimum absolute atomic E-state index is 0.150. The van der Waals surface area contributed by atoms with Crippen molar-refractivity contribution in [2.75, 3.05) is 5.32 Å². The van der Waals surface area contributed by atoms with Gasteiger partial charge >= 0.3 is 0 Å². The van der Waals surface area contributed by atoms with E-state index in [1.165, 1.54) is 17.4 Å². The number of nitrogens with zero attached hydrogens (tertiary/aromatic N) is 1. The Kier molecular flexibility index (Phi) is 3.77. The molecule has 22 heavy (non-hydrogen) atoms. The van der Waals surface area contributed by atoms with Crippen molar-refractivity contribution in [3.63, 3.8) is 0 Å². The monoisotopic (exact) mass is 316 g/mol. The van der Waals surface area contributed by atoms with Crippen molar-refractivity contribution in [1.29, 1.82) is 0 Å². The van der Waals surface area contributed by atoms with E-state index in [-0.39, 0.29) is 11.4 Å². The zero-order valence-electron chi connectivity index (χ0n) is 12.0. The zero-order valence-corrected chi connectivity index (χ0v) is 12.8. The first-order chi connectivity index (χ1) is 10.5. The van der Waals surface area contributed by atoms with Crippen molar-refractivity contribution in [3.05, 3.63) is 58.5 Å². The largest absolute Gasteiger partial charge is 0.462 e. The molecule has 0 saturated carbocycles. The standard InChI is InChI=1S/C16H13FN2O2S/c1-9-5-6-11(17)12(8-9)18-15(20)14-10(2)22-16(19-14)13-4-3-7-21-13/h3-8H,1-2H3,(H,18,20). The van der Waals surface area contributed by atoms with Gasteiger partial charge in [0.25, 0.3) is 5.91 Å². The van der Waals surface area contributed by atoms with Crippen LogP contribution in [0.4, 0.5) is 10.1 Å². The molecule has 4 nitrogen and oxygen atoms in total. The molecule has 6 heteroatoms. The Bertz CT molecular complexity index is 825. The molecule has 3 rings (SSSR count). The third kappa shape index (κ3) is 2.78. The van der Waals surface area contributed by atoms with Gasteiger partial charge < -0.3 is 9.73 Å². The minimum atomic E-state index is -0.474. The van der Waals surface area contributed by atoms with Crippen LogP contribution in [0, 0.1) is 19.7 Å². The molecule has 2 heterocycles. The van der Waals surface area contributed by atoms with Crippen molar-refractivity contribution in [3.8, 4) is 10.8 Å². The number of furan rings is 1. The van der Waals surface area contributed by atoms with E-state index in [0.717, 1.165) is 10.4 Å². The highest BCUT2D eigenvalue weighted by Gasteiger charge is 2.18. The first kappa shape index (κ1) is 14.5. The molecule has 0 radical (unpaired) electrons. The molecule has 0 aliphatic heterocycles. The zero-order chi connectivity index (χ0) is 15.7. The number of nitrogens with one attached hydrogen (secondary N) is 1. The summed E-state index contributed by atoms with van der Waals surface area (Å²) in [5.74, 6) is -0.303. The second-order valence-corrected chi connectivity index (χ2v) is 6.04. The van der Waals surface area contributed by atoms with E-state index < -0.39 is 11.7 Å². The molecule has 3 aromatic rings. The fourth-order valence-electron chi connectivity index (χ4n) is 2.03. The first-order valence-electron chi connectivity index (χ1n) is 6.63. The lowest BCUT2D eigenvalue weighted by molar-refractivity contribution is 0.102. The molecule has 0 aliphatic rings. The third-order valence-electron chi connectivity index (χ3n) is 3.11. The Hall–Kier alpha value is -2.47. The maximum Gasteiger partial charge on any atom is 0.275 e. The summed E-state index contributed by atoms with van der Waals surface area (Å²) in [6, 6.07) is 8.09. The van der Waals surface area contributed by atoms with Crippen molar-refractivity contribution in [1.82, 2.24) is 4.98 Å². The van der Waals surface area contributed by atoms with E-state index in [1.54, 1.807) is 37.5 Å². The molecule has 0 saturated heterocycles. The fraction of sp³-hybridized carbons (Fsp3) is 0.125. The average Bonchev–Trinajstić information content (AvgIpc) is 3.11. The third-order valence-corrected chi connectivity index (χ3v) is 4.10. The summed E-state index contributed by atoms with van der Waals surface area (Å²) in [6.07, 6.45) is 1.55. The number of amides is 1. The average molecular weight is 316 g/mol. The molecule has 0 unspecified atom stereocenters. The number of anilines is 1. The topological polar surface area (TPSA) is 55.1 Å². The van der Waals surface area contributed by atoms with Gasteiger partial charge in [-0.3, -0.25) is 4.79 Å². The van der Waals surface area contributed by atoms with Crippen molar-refractivity contribution < 1.29 is 13.6 Å². The maximum atomic E-state index is 13.7. The quantitative estimate of drug-likeness (QED) is 0.778. The Morgan fingerprint density at radius 1 is 1.32 bits per heavy atom. The van der Waals surface area contributed by atoms with E-state index >= 15 is 0 Å². The first-order valence-corrected chi connectivity index (χ1v) is 7.45. The smallest absolute Gasteiger partial charge is 0.275 e. The van der Waals surface area contributed by atoms with Crippen LogP contribution in [0.25, 0.3) is 10.8 Å². The fourth-order valence-corrected chi connectivity index (χ4v) is 2.91. The lowest BCUT2D eigenvalue weighted by Crippen LogP contribution is -2.14. The lowest BCUT2D eigenvalue weighted by atomic mass is 10.2. The predicted molar refractivity (Wildman–Crippen MR) is 83.6 cm³/mol. The minimum Gasteiger partial charge on any atom is -0.462 e. The summed E-state index contributed by atoms with van der Waals surface area (Å²) in [4.78, 5) is 17.4. The molecule has 1 N–H and O–H groups in total. The molecular weight excluding hydrogens is 303 g/mol. The number of rotatable bonds is 3. The molecule has 0 aliphatic carbocycles. The Morgan fingerprint density at radius 3 is 2.86 bits per heavy atom. The van der Waals surface area contributed by atoms with Crippen LogP contribution in [0.15, 0.2) is 41.0 Å². The molecule has 0 fully saturated rings. The lowest BCUT2D eigenvalue weighted by Gasteiger charge is -2.06. The molecule has 2 aromatic heterocycles. The molecule has 1 aromatic carbocycles. The van der Waals surface area contributed by atoms with Crippen LogP contribution in [-0.2, 0) is 0 Å². The number of carbonyl (C=O) groups excluding carboxylic acids is 1. The molecule has 1 amide bonds. The second-order valence-electron chi connectivity index (χ2n) is 4.84. The Balaban J connectivity index is 1.88. The van der Waals surface area contributed by atoms with Gasteiger partial charge in [-0.2, -0.15) is 0 Å². The van der Waals surface area contributed by atoms with E-state index in [0.29, 0.717) is 10.8 Å².